The van der Waals surface area contributed by atoms with Crippen LogP contribution in [0.4, 0.5) is 56.6 Å². The molecule has 2 unspecified atom stereocenters. The van der Waals surface area contributed by atoms with Gasteiger partial charge in [0, 0.05) is 133 Å². The maximum absolute atomic E-state index is 13.2. The van der Waals surface area contributed by atoms with E-state index >= 15 is 0 Å². The van der Waals surface area contributed by atoms with Crippen LogP contribution in [-0.4, -0.2) is 218 Å². The van der Waals surface area contributed by atoms with Gasteiger partial charge in [0.25, 0.3) is 0 Å². The number of halogens is 12. The molecule has 21 nitrogen and oxygen atoms in total. The number of benzene rings is 4. The minimum Gasteiger partial charge on any atom is -0.484 e. The van der Waals surface area contributed by atoms with E-state index in [1.54, 1.807) is 12.1 Å². The zero-order valence-corrected chi connectivity index (χ0v) is 62.2. The molecule has 0 radical (unpaired) electrons. The molecular weight excluding hydrogens is 1520 g/mol. The number of alkyl halides is 9. The molecule has 2 amide bonds. The number of amides is 2. The molecule has 6 fully saturated rings. The number of aliphatic hydroxyl groups excluding tert-OH is 3. The Bertz CT molecular complexity index is 3600. The predicted octanol–water partition coefficient (Wildman–Crippen LogP) is 12.6. The summed E-state index contributed by atoms with van der Waals surface area (Å²) in [6.45, 7) is 6.84. The second-order valence-electron chi connectivity index (χ2n) is 28.0. The summed E-state index contributed by atoms with van der Waals surface area (Å²) in [6, 6.07) is 32.3. The van der Waals surface area contributed by atoms with Gasteiger partial charge in [0.15, 0.2) is 19.8 Å². The molecule has 0 bridgehead atoms. The van der Waals surface area contributed by atoms with Gasteiger partial charge < -0.3 is 80.4 Å². The molecule has 0 spiro atoms. The van der Waals surface area contributed by atoms with Crippen LogP contribution in [0.5, 0.6) is 17.5 Å². The number of hydrogen-bond donors (Lipinski definition) is 7. The van der Waals surface area contributed by atoms with Gasteiger partial charge in [-0.1, -0.05) is 54.4 Å². The molecule has 33 heteroatoms. The number of likely N-dealkylation sites (tertiary alicyclic amines) is 3. The average Bonchev–Trinajstić information content (AvgIpc) is 1.58. The number of nitrogens with one attached hydrogen (secondary N) is 2. The number of rotatable bonds is 26. The van der Waals surface area contributed by atoms with Gasteiger partial charge in [-0.25, -0.2) is 9.97 Å². The fourth-order valence-corrected chi connectivity index (χ4v) is 14.1. The highest BCUT2D eigenvalue weighted by Gasteiger charge is 2.37. The standard InChI is InChI=1S/2C25H30ClF3N4O3.C15H21F3N2O2.C11H12ClNO2.CH4/c2*26-19-4-6-20(7-5-19)33-12-9-18(14-33)24(35)31-21(15-32-10-1-2-11-32)23(34)17-3-8-22(30-13-17)36-16-25(27,28)29;16-15(17,18)10-22-12-5-3-11(4-6-12)14(21)13(19)9-20-7-1-2-8-20;12-9-1-3-10(4-2-9)13-6-5-8(7-13)11(14)15;/h2*3-8,13,18,21,23,34H,1-2,9-12,14-16H2,(H,31,35);3-6,13-14,21H,1-2,7-10,19H2;1-4,8H,5-7H2,(H,14,15);1H4/t18-,21+,23+;18-,21-,23-;13-,14?;;/m011../s1. The topological polar surface area (TPSA) is 255 Å². The summed E-state index contributed by atoms with van der Waals surface area (Å²) >= 11 is 17.7. The third kappa shape index (κ3) is 28.5. The smallest absolute Gasteiger partial charge is 0.422 e. The lowest BCUT2D eigenvalue weighted by molar-refractivity contribution is -0.154. The third-order valence-electron chi connectivity index (χ3n) is 19.6. The summed E-state index contributed by atoms with van der Waals surface area (Å²) in [5, 5.41) is 49.4. The van der Waals surface area contributed by atoms with E-state index in [1.165, 1.54) is 48.8 Å². The molecule has 110 heavy (non-hydrogen) atoms. The monoisotopic (exact) mass is 1610 g/mol. The lowest BCUT2D eigenvalue weighted by atomic mass is 10.0. The van der Waals surface area contributed by atoms with E-state index in [-0.39, 0.29) is 54.5 Å². The Morgan fingerprint density at radius 3 is 1.08 bits per heavy atom. The van der Waals surface area contributed by atoms with Crippen molar-refractivity contribution in [1.82, 2.24) is 35.3 Å². The molecular formula is C77H97Cl3F9N11O10. The number of nitrogens with zero attached hydrogens (tertiary/aromatic N) is 8. The second kappa shape index (κ2) is 41.8. The van der Waals surface area contributed by atoms with Gasteiger partial charge in [0.05, 0.1) is 35.9 Å². The Morgan fingerprint density at radius 2 is 0.764 bits per heavy atom. The highest BCUT2D eigenvalue weighted by atomic mass is 35.5. The molecule has 604 valence electrons. The summed E-state index contributed by atoms with van der Waals surface area (Å²) < 4.78 is 124. The quantitative estimate of drug-likeness (QED) is 0.0249. The summed E-state index contributed by atoms with van der Waals surface area (Å²) in [5.41, 5.74) is 10.4. The van der Waals surface area contributed by atoms with Crippen molar-refractivity contribution in [2.24, 2.45) is 23.5 Å². The number of pyridine rings is 2. The number of anilines is 3. The molecule has 8 heterocycles. The van der Waals surface area contributed by atoms with Gasteiger partial charge in [-0.15, -0.1) is 0 Å². The molecule has 6 saturated heterocycles. The zero-order valence-electron chi connectivity index (χ0n) is 59.9. The van der Waals surface area contributed by atoms with Crippen LogP contribution in [0.3, 0.4) is 0 Å². The zero-order chi connectivity index (χ0) is 78.4. The minimum atomic E-state index is -4.46. The van der Waals surface area contributed by atoms with E-state index < -0.39 is 80.8 Å². The summed E-state index contributed by atoms with van der Waals surface area (Å²) in [4.78, 5) is 57.9. The van der Waals surface area contributed by atoms with Crippen LogP contribution in [0.15, 0.2) is 134 Å². The first-order valence-corrected chi connectivity index (χ1v) is 37.4. The molecule has 6 aromatic rings. The summed E-state index contributed by atoms with van der Waals surface area (Å²) in [7, 11) is 0. The first-order chi connectivity index (χ1) is 51.9. The number of carbonyl (C=O) groups is 3. The van der Waals surface area contributed by atoms with E-state index in [1.807, 2.05) is 72.8 Å². The van der Waals surface area contributed by atoms with Gasteiger partial charge in [-0.2, -0.15) is 39.5 Å². The van der Waals surface area contributed by atoms with Crippen LogP contribution in [0.2, 0.25) is 15.1 Å². The highest BCUT2D eigenvalue weighted by molar-refractivity contribution is 6.31. The van der Waals surface area contributed by atoms with Crippen LogP contribution in [0.1, 0.15) is 100 Å². The number of aliphatic carboxylic acids is 1. The summed E-state index contributed by atoms with van der Waals surface area (Å²) in [6.07, 6.45) is -5.10. The Kier molecular flexibility index (Phi) is 33.4. The third-order valence-corrected chi connectivity index (χ3v) is 20.4. The van der Waals surface area contributed by atoms with Crippen molar-refractivity contribution in [3.63, 3.8) is 0 Å². The number of ether oxygens (including phenoxy) is 3. The molecule has 8 N–H and O–H groups in total. The van der Waals surface area contributed by atoms with E-state index in [4.69, 9.17) is 45.6 Å². The van der Waals surface area contributed by atoms with Crippen LogP contribution < -0.4 is 45.3 Å². The number of carboxylic acid groups (broad SMARTS) is 1. The van der Waals surface area contributed by atoms with E-state index in [0.717, 1.165) is 121 Å². The SMILES string of the molecule is C.N[C@H](CN1CCCC1)C(O)c1ccc(OCC(F)(F)F)cc1.O=C(N[C@H](CN1CCCC1)[C@H](O)c1ccc(OCC(F)(F)F)nc1)[C@@H]1CCN(c2ccc(Cl)cc2)C1.O=C(N[C@H](CN1CCCC1)[C@H](O)c1ccc(OCC(F)(F)F)nc1)[C@H]1CCN(c2ccc(Cl)cc2)C1.O=C(O)C1CCN(c2ccc(Cl)cc2)C1. The predicted molar refractivity (Wildman–Crippen MR) is 403 cm³/mol. The average molecular weight is 1610 g/mol. The fraction of sp³-hybridized carbons (Fsp3) is 0.519. The van der Waals surface area contributed by atoms with E-state index in [0.29, 0.717) is 83.9 Å². The number of carboxylic acids is 1. The van der Waals surface area contributed by atoms with Crippen molar-refractivity contribution in [3.05, 3.63) is 165 Å². The van der Waals surface area contributed by atoms with Crippen molar-refractivity contribution in [1.29, 1.82) is 0 Å². The molecule has 9 atom stereocenters. The second-order valence-corrected chi connectivity index (χ2v) is 29.3. The van der Waals surface area contributed by atoms with Crippen LogP contribution in [0.25, 0.3) is 0 Å². The van der Waals surface area contributed by atoms with Crippen molar-refractivity contribution < 1.29 is 88.5 Å². The largest absolute Gasteiger partial charge is 0.484 e. The first-order valence-electron chi connectivity index (χ1n) is 36.3. The molecule has 6 aliphatic heterocycles. The first kappa shape index (κ1) is 87.9. The normalized spacial score (nSPS) is 20.0. The van der Waals surface area contributed by atoms with Crippen LogP contribution in [0, 0.1) is 17.8 Å². The molecule has 12 rings (SSSR count). The fourth-order valence-electron chi connectivity index (χ4n) is 13.7. The van der Waals surface area contributed by atoms with Gasteiger partial charge in [0.2, 0.25) is 23.6 Å². The highest BCUT2D eigenvalue weighted by Crippen LogP contribution is 2.32. The molecule has 6 aliphatic rings. The maximum Gasteiger partial charge on any atom is 0.422 e. The lowest BCUT2D eigenvalue weighted by Crippen LogP contribution is -2.48. The molecule has 4 aromatic carbocycles. The number of aromatic nitrogens is 2. The molecule has 0 aliphatic carbocycles. The van der Waals surface area contributed by atoms with Gasteiger partial charge in [-0.05, 0) is 200 Å². The van der Waals surface area contributed by atoms with Gasteiger partial charge in [-0.3, -0.25) is 14.4 Å². The van der Waals surface area contributed by atoms with Crippen molar-refractivity contribution in [2.45, 2.75) is 120 Å². The van der Waals surface area contributed by atoms with E-state index in [2.05, 4.69) is 64.2 Å². The van der Waals surface area contributed by atoms with E-state index in [9.17, 15) is 69.2 Å². The van der Waals surface area contributed by atoms with Gasteiger partial charge >= 0.3 is 24.5 Å². The van der Waals surface area contributed by atoms with Gasteiger partial charge in [0.1, 0.15) is 18.0 Å². The van der Waals surface area contributed by atoms with Crippen molar-refractivity contribution in [3.8, 4) is 17.5 Å². The Hall–Kier alpha value is -7.65. The van der Waals surface area contributed by atoms with Crippen LogP contribution in [-0.2, 0) is 14.4 Å². The summed E-state index contributed by atoms with van der Waals surface area (Å²) in [5.74, 6) is -1.92. The Balaban J connectivity index is 0.000000193. The van der Waals surface area contributed by atoms with Crippen LogP contribution >= 0.6 is 34.8 Å². The Labute approximate surface area is 649 Å². The maximum atomic E-state index is 13.2. The molecule has 2 aromatic heterocycles. The number of hydrogen-bond acceptors (Lipinski definition) is 18. The molecule has 0 saturated carbocycles. The van der Waals surface area contributed by atoms with Crippen molar-refractivity contribution >= 4 is 69.6 Å². The number of carbonyl (C=O) groups excluding carboxylic acids is 2. The number of aliphatic hydroxyl groups is 3. The lowest BCUT2D eigenvalue weighted by Gasteiger charge is -2.29. The number of nitrogens with two attached hydrogens (primary N) is 1. The Morgan fingerprint density at radius 1 is 0.445 bits per heavy atom. The minimum absolute atomic E-state index is 0. The van der Waals surface area contributed by atoms with Crippen molar-refractivity contribution in [2.75, 3.05) is 133 Å².